The number of aromatic nitrogens is 1. The molecule has 2 N–H and O–H groups in total. The van der Waals surface area contributed by atoms with Gasteiger partial charge in [-0.2, -0.15) is 17.6 Å². The zero-order valence-corrected chi connectivity index (χ0v) is 26.1. The second-order valence-electron chi connectivity index (χ2n) is 11.1. The summed E-state index contributed by atoms with van der Waals surface area (Å²) in [5, 5.41) is 5.62. The Bertz CT molecular complexity index is 1320. The molecule has 11 nitrogen and oxygen atoms in total. The number of benzene rings is 1. The molecule has 2 heterocycles. The van der Waals surface area contributed by atoms with Gasteiger partial charge >= 0.3 is 19.1 Å². The van der Waals surface area contributed by atoms with Crippen LogP contribution in [-0.2, 0) is 35.0 Å². The number of likely N-dealkylation sites (N-methyl/N-ethyl adjacent to an activating group) is 1. The second-order valence-corrected chi connectivity index (χ2v) is 12.4. The van der Waals surface area contributed by atoms with E-state index in [2.05, 4.69) is 25.1 Å². The van der Waals surface area contributed by atoms with Gasteiger partial charge in [-0.3, -0.25) is 18.9 Å². The van der Waals surface area contributed by atoms with Crippen molar-refractivity contribution in [1.82, 2.24) is 15.6 Å². The number of epoxide rings is 1. The van der Waals surface area contributed by atoms with Crippen molar-refractivity contribution >= 4 is 34.8 Å². The normalized spacial score (nSPS) is 18.4. The van der Waals surface area contributed by atoms with Gasteiger partial charge in [0.1, 0.15) is 23.1 Å². The van der Waals surface area contributed by atoms with E-state index in [0.717, 1.165) is 16.9 Å². The quantitative estimate of drug-likeness (QED) is 0.142. The summed E-state index contributed by atoms with van der Waals surface area (Å²) >= 11 is 1.03. The Morgan fingerprint density at radius 1 is 1.02 bits per heavy atom. The summed E-state index contributed by atoms with van der Waals surface area (Å²) in [5.41, 5.74) is -0.241. The van der Waals surface area contributed by atoms with Gasteiger partial charge < -0.3 is 24.8 Å². The standard InChI is InChI=1S/C29H36F4N4O7S/c1-17-34-14-22(45-17)25(40)36-20(12-13-42-27(30)31)26(41)37(3,4)21(15-43-28(32)33)24(39)35-19(23(38)29(2)16-44-29)11-10-18-8-6-5-7-9-18/h5-9,14,19-21,27-28H,10-13,15-16H2,1-4H3,(H-,35,36,39,40)/p+1. The molecular formula is C29H37F4N4O7S+. The van der Waals surface area contributed by atoms with Crippen LogP contribution < -0.4 is 10.6 Å². The largest absolute Gasteiger partial charge is 0.361 e. The minimum atomic E-state index is -3.30. The van der Waals surface area contributed by atoms with E-state index in [9.17, 15) is 36.7 Å². The van der Waals surface area contributed by atoms with Gasteiger partial charge in [-0.25, -0.2) is 9.78 Å². The smallest absolute Gasteiger partial charge is 0.345 e. The number of alkyl halides is 4. The van der Waals surface area contributed by atoms with Crippen LogP contribution in [0.1, 0.15) is 40.0 Å². The topological polar surface area (TPSA) is 136 Å². The van der Waals surface area contributed by atoms with Crippen LogP contribution in [0.25, 0.3) is 0 Å². The molecule has 1 aromatic carbocycles. The lowest BCUT2D eigenvalue weighted by atomic mass is 9.94. The zero-order chi connectivity index (χ0) is 33.4. The number of hydrogen-bond donors (Lipinski definition) is 2. The van der Waals surface area contributed by atoms with Crippen molar-refractivity contribution in [3.05, 3.63) is 52.0 Å². The van der Waals surface area contributed by atoms with Gasteiger partial charge in [-0.1, -0.05) is 30.3 Å². The average molecular weight is 662 g/mol. The van der Waals surface area contributed by atoms with Gasteiger partial charge in [0.25, 0.3) is 11.8 Å². The van der Waals surface area contributed by atoms with Crippen LogP contribution in [-0.4, -0.2) is 104 Å². The summed E-state index contributed by atoms with van der Waals surface area (Å²) in [7, 11) is 2.47. The number of hydrogen-bond acceptors (Lipinski definition) is 9. The third-order valence-electron chi connectivity index (χ3n) is 7.42. The molecule has 3 amide bonds. The Labute approximate surface area is 261 Å². The third kappa shape index (κ3) is 10.4. The van der Waals surface area contributed by atoms with Crippen LogP contribution in [0.2, 0.25) is 0 Å². The Hall–Kier alpha value is -3.31. The highest BCUT2D eigenvalue weighted by atomic mass is 32.1. The Morgan fingerprint density at radius 3 is 2.22 bits per heavy atom. The number of ether oxygens (including phenoxy) is 3. The molecule has 0 radical (unpaired) electrons. The van der Waals surface area contributed by atoms with Crippen molar-refractivity contribution in [3.8, 4) is 0 Å². The monoisotopic (exact) mass is 661 g/mol. The molecule has 1 saturated heterocycles. The van der Waals surface area contributed by atoms with Gasteiger partial charge in [-0.15, -0.1) is 11.3 Å². The first-order valence-corrected chi connectivity index (χ1v) is 14.9. The van der Waals surface area contributed by atoms with Gasteiger partial charge in [0.2, 0.25) is 0 Å². The molecule has 4 unspecified atom stereocenters. The lowest BCUT2D eigenvalue weighted by Crippen LogP contribution is -2.66. The number of aryl methyl sites for hydroxylation is 2. The molecule has 2 aromatic rings. The highest BCUT2D eigenvalue weighted by molar-refractivity contribution is 7.13. The summed E-state index contributed by atoms with van der Waals surface area (Å²) in [6.45, 7) is -4.68. The zero-order valence-electron chi connectivity index (χ0n) is 25.3. The number of nitrogens with zero attached hydrogens (tertiary/aromatic N) is 2. The minimum Gasteiger partial charge on any atom is -0.361 e. The molecule has 0 spiro atoms. The van der Waals surface area contributed by atoms with Crippen LogP contribution in [0.15, 0.2) is 36.5 Å². The fourth-order valence-corrected chi connectivity index (χ4v) is 5.29. The van der Waals surface area contributed by atoms with Crippen molar-refractivity contribution in [1.29, 1.82) is 0 Å². The number of carbonyl (C=O) groups is 4. The van der Waals surface area contributed by atoms with E-state index < -0.39 is 84.6 Å². The van der Waals surface area contributed by atoms with E-state index in [1.54, 1.807) is 13.8 Å². The van der Waals surface area contributed by atoms with Crippen LogP contribution in [0, 0.1) is 6.92 Å². The van der Waals surface area contributed by atoms with Crippen molar-refractivity contribution in [2.24, 2.45) is 0 Å². The van der Waals surface area contributed by atoms with E-state index >= 15 is 0 Å². The Balaban J connectivity index is 1.86. The van der Waals surface area contributed by atoms with E-state index in [1.807, 2.05) is 30.3 Å². The van der Waals surface area contributed by atoms with E-state index in [0.29, 0.717) is 11.4 Å². The molecule has 4 atom stereocenters. The van der Waals surface area contributed by atoms with Crippen molar-refractivity contribution in [2.45, 2.75) is 70.1 Å². The maximum atomic E-state index is 13.9. The Morgan fingerprint density at radius 2 is 1.67 bits per heavy atom. The number of amides is 3. The molecule has 1 aliphatic rings. The number of Topliss-reactive ketones (excluding diaryl/α,β-unsaturated/α-hetero) is 1. The average Bonchev–Trinajstić information content (AvgIpc) is 3.58. The molecule has 0 aliphatic carbocycles. The molecule has 45 heavy (non-hydrogen) atoms. The molecule has 0 saturated carbocycles. The maximum absolute atomic E-state index is 13.9. The summed E-state index contributed by atoms with van der Waals surface area (Å²) < 4.78 is 65.0. The number of rotatable bonds is 18. The first-order valence-electron chi connectivity index (χ1n) is 14.1. The highest BCUT2D eigenvalue weighted by Gasteiger charge is 2.51. The number of thiazole rings is 1. The molecule has 1 fully saturated rings. The summed E-state index contributed by atoms with van der Waals surface area (Å²) in [5.74, 6) is -2.99. The molecule has 1 aromatic heterocycles. The minimum absolute atomic E-state index is 0.135. The summed E-state index contributed by atoms with van der Waals surface area (Å²) in [4.78, 5) is 57.9. The molecule has 0 bridgehead atoms. The first kappa shape index (κ1) is 36.2. The SMILES string of the molecule is Cc1ncc(C(=O)NC(CCOC(F)F)C(=O)[N+](C)(C)C(COC(F)F)C(=O)NC(CCc2ccccc2)C(=O)C2(C)CO2)s1. The van der Waals surface area contributed by atoms with Crippen molar-refractivity contribution < 1.29 is 55.4 Å². The number of halogens is 4. The lowest BCUT2D eigenvalue weighted by molar-refractivity contribution is -0.832. The highest BCUT2D eigenvalue weighted by Crippen LogP contribution is 2.29. The lowest BCUT2D eigenvalue weighted by Gasteiger charge is -2.37. The van der Waals surface area contributed by atoms with Gasteiger partial charge in [0.15, 0.2) is 11.8 Å². The molecular weight excluding hydrogens is 624 g/mol. The molecule has 3 rings (SSSR count). The van der Waals surface area contributed by atoms with Gasteiger partial charge in [0.05, 0.1) is 44.6 Å². The summed E-state index contributed by atoms with van der Waals surface area (Å²) in [6.07, 6.45) is 1.38. The molecule has 1 aliphatic heterocycles. The molecule has 16 heteroatoms. The van der Waals surface area contributed by atoms with Crippen LogP contribution in [0.5, 0.6) is 0 Å². The number of quaternary nitrogens is 1. The number of carbonyl (C=O) groups excluding carboxylic acids is 4. The predicted octanol–water partition coefficient (Wildman–Crippen LogP) is 2.87. The Kier molecular flexibility index (Phi) is 12.7. The van der Waals surface area contributed by atoms with E-state index in [-0.39, 0.29) is 17.9 Å². The van der Waals surface area contributed by atoms with Crippen molar-refractivity contribution in [2.75, 3.05) is 33.9 Å². The van der Waals surface area contributed by atoms with Crippen molar-refractivity contribution in [3.63, 3.8) is 0 Å². The summed E-state index contributed by atoms with van der Waals surface area (Å²) in [6, 6.07) is 4.92. The van der Waals surface area contributed by atoms with Crippen LogP contribution >= 0.6 is 11.3 Å². The fraction of sp³-hybridized carbons (Fsp3) is 0.552. The first-order chi connectivity index (χ1) is 21.1. The van der Waals surface area contributed by atoms with Crippen LogP contribution in [0.4, 0.5) is 17.6 Å². The number of ketones is 1. The second kappa shape index (κ2) is 15.8. The maximum Gasteiger partial charge on any atom is 0.345 e. The fourth-order valence-electron chi connectivity index (χ4n) is 4.61. The van der Waals surface area contributed by atoms with Crippen LogP contribution in [0.3, 0.4) is 0 Å². The predicted molar refractivity (Wildman–Crippen MR) is 154 cm³/mol. The van der Waals surface area contributed by atoms with E-state index in [4.69, 9.17) is 4.74 Å². The van der Waals surface area contributed by atoms with Gasteiger partial charge in [0, 0.05) is 6.42 Å². The van der Waals surface area contributed by atoms with Gasteiger partial charge in [-0.05, 0) is 32.3 Å². The van der Waals surface area contributed by atoms with E-state index in [1.165, 1.54) is 20.3 Å². The molecule has 248 valence electrons. The third-order valence-corrected chi connectivity index (χ3v) is 8.34. The number of nitrogens with one attached hydrogen (secondary N) is 2.